The maximum absolute atomic E-state index is 5.37. The fourth-order valence-electron chi connectivity index (χ4n) is 2.14. The lowest BCUT2D eigenvalue weighted by molar-refractivity contribution is 0.174. The molecular weight excluding hydrogens is 332 g/mol. The van der Waals surface area contributed by atoms with Crippen molar-refractivity contribution in [1.82, 2.24) is 0 Å². The van der Waals surface area contributed by atoms with E-state index in [-0.39, 0.29) is 6.79 Å². The van der Waals surface area contributed by atoms with E-state index in [2.05, 4.69) is 52.4 Å². The first-order chi connectivity index (χ1) is 10.1. The molecule has 21 heavy (non-hydrogen) atoms. The van der Waals surface area contributed by atoms with E-state index in [0.717, 1.165) is 32.8 Å². The molecule has 0 unspecified atom stereocenters. The van der Waals surface area contributed by atoms with Crippen molar-refractivity contribution in [3.63, 3.8) is 0 Å². The first-order valence-electron chi connectivity index (χ1n) is 6.59. The highest BCUT2D eigenvalue weighted by Crippen LogP contribution is 2.36. The first-order valence-corrected chi connectivity index (χ1v) is 7.38. The number of anilines is 1. The van der Waals surface area contributed by atoms with Gasteiger partial charge in [0.1, 0.15) is 0 Å². The van der Waals surface area contributed by atoms with E-state index in [1.807, 2.05) is 18.2 Å². The summed E-state index contributed by atoms with van der Waals surface area (Å²) in [6.45, 7) is 4.40. The van der Waals surface area contributed by atoms with Gasteiger partial charge in [-0.3, -0.25) is 5.43 Å². The lowest BCUT2D eigenvalue weighted by Crippen LogP contribution is -1.94. The summed E-state index contributed by atoms with van der Waals surface area (Å²) in [7, 11) is 0. The third kappa shape index (κ3) is 3.03. The Balaban J connectivity index is 1.77. The molecule has 4 nitrogen and oxygen atoms in total. The maximum atomic E-state index is 5.37. The van der Waals surface area contributed by atoms with Crippen LogP contribution in [0.1, 0.15) is 16.7 Å². The molecule has 1 aliphatic heterocycles. The second-order valence-corrected chi connectivity index (χ2v) is 5.77. The van der Waals surface area contributed by atoms with Crippen molar-refractivity contribution >= 4 is 27.8 Å². The summed E-state index contributed by atoms with van der Waals surface area (Å²) in [6.07, 6.45) is 1.76. The minimum Gasteiger partial charge on any atom is -0.454 e. The van der Waals surface area contributed by atoms with Crippen molar-refractivity contribution in [2.75, 3.05) is 12.2 Å². The molecule has 108 valence electrons. The third-order valence-electron chi connectivity index (χ3n) is 3.26. The highest BCUT2D eigenvalue weighted by Gasteiger charge is 2.15. The van der Waals surface area contributed by atoms with Gasteiger partial charge in [-0.25, -0.2) is 0 Å². The molecule has 0 aromatic heterocycles. The number of hydrogen-bond donors (Lipinski definition) is 1. The normalized spacial score (nSPS) is 12.9. The van der Waals surface area contributed by atoms with Gasteiger partial charge in [0.05, 0.1) is 11.9 Å². The summed E-state index contributed by atoms with van der Waals surface area (Å²) in [5.41, 5.74) is 7.38. The Hall–Kier alpha value is -2.01. The number of benzene rings is 2. The van der Waals surface area contributed by atoms with E-state index in [4.69, 9.17) is 9.47 Å². The molecule has 0 saturated carbocycles. The molecule has 0 spiro atoms. The second-order valence-electron chi connectivity index (χ2n) is 4.92. The fraction of sp³-hybridized carbons (Fsp3) is 0.188. The van der Waals surface area contributed by atoms with Crippen LogP contribution in [0.5, 0.6) is 11.5 Å². The molecule has 0 saturated heterocycles. The number of ether oxygens (including phenoxy) is 2. The largest absolute Gasteiger partial charge is 0.454 e. The van der Waals surface area contributed by atoms with Crippen LogP contribution in [-0.4, -0.2) is 13.0 Å². The van der Waals surface area contributed by atoms with Crippen molar-refractivity contribution in [1.29, 1.82) is 0 Å². The van der Waals surface area contributed by atoms with Crippen LogP contribution in [-0.2, 0) is 0 Å². The Bertz CT molecular complexity index is 714. The zero-order chi connectivity index (χ0) is 14.8. The van der Waals surface area contributed by atoms with Crippen LogP contribution in [0.2, 0.25) is 0 Å². The summed E-state index contributed by atoms with van der Waals surface area (Å²) in [5.74, 6) is 1.49. The zero-order valence-corrected chi connectivity index (χ0v) is 13.4. The summed E-state index contributed by atoms with van der Waals surface area (Å²) in [6, 6.07) is 9.99. The van der Waals surface area contributed by atoms with Crippen molar-refractivity contribution in [3.8, 4) is 11.5 Å². The Kier molecular flexibility index (Phi) is 3.84. The molecule has 0 atom stereocenters. The van der Waals surface area contributed by atoms with Gasteiger partial charge in [0.25, 0.3) is 0 Å². The van der Waals surface area contributed by atoms with Crippen LogP contribution in [0.15, 0.2) is 39.9 Å². The Labute approximate surface area is 131 Å². The van der Waals surface area contributed by atoms with Gasteiger partial charge >= 0.3 is 0 Å². The van der Waals surface area contributed by atoms with E-state index in [9.17, 15) is 0 Å². The predicted octanol–water partition coefficient (Wildman–Crippen LogP) is 4.24. The summed E-state index contributed by atoms with van der Waals surface area (Å²) in [4.78, 5) is 0. The number of fused-ring (bicyclic) bond motifs is 1. The number of nitrogens with zero attached hydrogens (tertiary/aromatic N) is 1. The van der Waals surface area contributed by atoms with Gasteiger partial charge in [0.15, 0.2) is 11.5 Å². The number of halogens is 1. The molecule has 0 amide bonds. The maximum Gasteiger partial charge on any atom is 0.231 e. The van der Waals surface area contributed by atoms with Gasteiger partial charge in [-0.1, -0.05) is 17.7 Å². The topological polar surface area (TPSA) is 42.9 Å². The van der Waals surface area contributed by atoms with Gasteiger partial charge in [0.2, 0.25) is 6.79 Å². The summed E-state index contributed by atoms with van der Waals surface area (Å²) < 4.78 is 11.6. The predicted molar refractivity (Wildman–Crippen MR) is 87.4 cm³/mol. The first kappa shape index (κ1) is 13.9. The van der Waals surface area contributed by atoms with E-state index >= 15 is 0 Å². The van der Waals surface area contributed by atoms with Gasteiger partial charge in [-0.2, -0.15) is 5.10 Å². The SMILES string of the molecule is Cc1ccc(N/N=C/c2cc3c(cc2Br)OCO3)c(C)c1. The molecule has 0 fully saturated rings. The Morgan fingerprint density at radius 2 is 1.90 bits per heavy atom. The molecule has 1 heterocycles. The van der Waals surface area contributed by atoms with Gasteiger partial charge < -0.3 is 9.47 Å². The van der Waals surface area contributed by atoms with E-state index in [0.29, 0.717) is 0 Å². The molecule has 3 rings (SSSR count). The van der Waals surface area contributed by atoms with Crippen LogP contribution in [0, 0.1) is 13.8 Å². The van der Waals surface area contributed by atoms with Crippen LogP contribution in [0.3, 0.4) is 0 Å². The van der Waals surface area contributed by atoms with E-state index in [1.54, 1.807) is 6.21 Å². The monoisotopic (exact) mass is 346 g/mol. The number of aryl methyl sites for hydroxylation is 2. The van der Waals surface area contributed by atoms with Gasteiger partial charge in [-0.15, -0.1) is 0 Å². The number of hydrogen-bond acceptors (Lipinski definition) is 4. The van der Waals surface area contributed by atoms with Crippen LogP contribution in [0.4, 0.5) is 5.69 Å². The van der Waals surface area contributed by atoms with Crippen LogP contribution >= 0.6 is 15.9 Å². The average molecular weight is 347 g/mol. The molecule has 2 aromatic carbocycles. The lowest BCUT2D eigenvalue weighted by Gasteiger charge is -2.06. The summed E-state index contributed by atoms with van der Waals surface area (Å²) >= 11 is 3.51. The molecule has 2 aromatic rings. The fourth-order valence-corrected chi connectivity index (χ4v) is 2.57. The smallest absolute Gasteiger partial charge is 0.231 e. The molecule has 0 radical (unpaired) electrons. The zero-order valence-electron chi connectivity index (χ0n) is 11.8. The van der Waals surface area contributed by atoms with Crippen LogP contribution < -0.4 is 14.9 Å². The van der Waals surface area contributed by atoms with Gasteiger partial charge in [0, 0.05) is 10.0 Å². The van der Waals surface area contributed by atoms with Crippen molar-refractivity contribution in [2.24, 2.45) is 5.10 Å². The highest BCUT2D eigenvalue weighted by molar-refractivity contribution is 9.10. The quantitative estimate of drug-likeness (QED) is 0.667. The second kappa shape index (κ2) is 5.77. The van der Waals surface area contributed by atoms with Crippen molar-refractivity contribution in [2.45, 2.75) is 13.8 Å². The molecular formula is C16H15BrN2O2. The van der Waals surface area contributed by atoms with Crippen LogP contribution in [0.25, 0.3) is 0 Å². The lowest BCUT2D eigenvalue weighted by atomic mass is 10.1. The third-order valence-corrected chi connectivity index (χ3v) is 3.95. The average Bonchev–Trinajstić information content (AvgIpc) is 2.88. The molecule has 0 bridgehead atoms. The number of nitrogens with one attached hydrogen (secondary N) is 1. The minimum absolute atomic E-state index is 0.267. The number of rotatable bonds is 3. The molecule has 0 aliphatic carbocycles. The Morgan fingerprint density at radius 3 is 2.67 bits per heavy atom. The van der Waals surface area contributed by atoms with Crippen molar-refractivity contribution in [3.05, 3.63) is 51.5 Å². The Morgan fingerprint density at radius 1 is 1.14 bits per heavy atom. The molecule has 1 N–H and O–H groups in total. The van der Waals surface area contributed by atoms with E-state index < -0.39 is 0 Å². The highest BCUT2D eigenvalue weighted by atomic mass is 79.9. The van der Waals surface area contributed by atoms with Gasteiger partial charge in [-0.05, 0) is 53.5 Å². The summed E-state index contributed by atoms with van der Waals surface area (Å²) in [5, 5.41) is 4.29. The van der Waals surface area contributed by atoms with E-state index in [1.165, 1.54) is 5.56 Å². The van der Waals surface area contributed by atoms with Crippen molar-refractivity contribution < 1.29 is 9.47 Å². The molecule has 1 aliphatic rings. The minimum atomic E-state index is 0.267. The standard InChI is InChI=1S/C16H15BrN2O2/c1-10-3-4-14(11(2)5-10)19-18-8-12-6-15-16(7-13(12)17)21-9-20-15/h3-8,19H,9H2,1-2H3/b18-8+. The number of hydrazone groups is 1. The molecule has 5 heteroatoms.